The van der Waals surface area contributed by atoms with Gasteiger partial charge in [-0.25, -0.2) is 4.39 Å². The van der Waals surface area contributed by atoms with Gasteiger partial charge in [0.15, 0.2) is 0 Å². The summed E-state index contributed by atoms with van der Waals surface area (Å²) in [4.78, 5) is 0. The van der Waals surface area contributed by atoms with Gasteiger partial charge in [0, 0.05) is 0 Å². The number of rotatable bonds is 0. The maximum atomic E-state index is 14.1. The Bertz CT molecular complexity index is 518. The molecule has 10 atom stereocenters. The molecule has 10 unspecified atom stereocenters. The largest absolute Gasteiger partial charge is 0.390 e. The molecule has 4 saturated carbocycles. The van der Waals surface area contributed by atoms with E-state index >= 15 is 0 Å². The molecule has 0 spiro atoms. The molecule has 0 saturated heterocycles. The van der Waals surface area contributed by atoms with E-state index in [0.717, 1.165) is 43.9 Å². The summed E-state index contributed by atoms with van der Waals surface area (Å²) in [6, 6.07) is 0. The van der Waals surface area contributed by atoms with Crippen molar-refractivity contribution in [2.75, 3.05) is 0 Å². The molecule has 0 aliphatic heterocycles. The fourth-order valence-electron chi connectivity index (χ4n) is 7.53. The lowest BCUT2D eigenvalue weighted by Crippen LogP contribution is -2.56. The minimum atomic E-state index is -0.666. The Kier molecular flexibility index (Phi) is 3.43. The summed E-state index contributed by atoms with van der Waals surface area (Å²) < 4.78 is 14.1. The minimum Gasteiger partial charge on any atom is -0.390 e. The van der Waals surface area contributed by atoms with E-state index in [4.69, 9.17) is 0 Å². The Morgan fingerprint density at radius 1 is 0.870 bits per heavy atom. The van der Waals surface area contributed by atoms with Crippen LogP contribution in [0.4, 0.5) is 4.39 Å². The van der Waals surface area contributed by atoms with Gasteiger partial charge in [0.2, 0.25) is 0 Å². The van der Waals surface area contributed by atoms with E-state index in [0.29, 0.717) is 23.7 Å². The first kappa shape index (κ1) is 14.9. The van der Waals surface area contributed by atoms with E-state index in [1.54, 1.807) is 0 Å². The first-order valence-electron chi connectivity index (χ1n) is 9.84. The van der Waals surface area contributed by atoms with Gasteiger partial charge in [-0.3, -0.25) is 0 Å². The molecule has 4 fully saturated rings. The van der Waals surface area contributed by atoms with Crippen LogP contribution < -0.4 is 0 Å². The van der Waals surface area contributed by atoms with Gasteiger partial charge < -0.3 is 10.2 Å². The SMILES string of the molecule is OC1C=C2CCC3C4CC(F)CCC4CC4CCC(C1O)C2C43. The molecule has 5 rings (SSSR count). The highest BCUT2D eigenvalue weighted by Crippen LogP contribution is 2.62. The summed E-state index contributed by atoms with van der Waals surface area (Å²) in [5, 5.41) is 20.7. The van der Waals surface area contributed by atoms with Crippen LogP contribution in [0, 0.1) is 41.4 Å². The topological polar surface area (TPSA) is 40.5 Å². The molecule has 0 aromatic carbocycles. The minimum absolute atomic E-state index is 0.246. The number of hydrogen-bond donors (Lipinski definition) is 2. The molecule has 5 aliphatic rings. The maximum Gasteiger partial charge on any atom is 0.100 e. The first-order chi connectivity index (χ1) is 11.1. The number of alkyl halides is 1. The summed E-state index contributed by atoms with van der Waals surface area (Å²) in [5.41, 5.74) is 1.42. The number of hydrogen-bond acceptors (Lipinski definition) is 2. The summed E-state index contributed by atoms with van der Waals surface area (Å²) >= 11 is 0. The highest BCUT2D eigenvalue weighted by Gasteiger charge is 2.57. The third-order valence-corrected chi connectivity index (χ3v) is 8.29. The van der Waals surface area contributed by atoms with Gasteiger partial charge in [0.05, 0.1) is 12.2 Å². The van der Waals surface area contributed by atoms with E-state index < -0.39 is 18.4 Å². The van der Waals surface area contributed by atoms with Crippen LogP contribution in [0.15, 0.2) is 11.6 Å². The zero-order valence-corrected chi connectivity index (χ0v) is 13.8. The lowest BCUT2D eigenvalue weighted by molar-refractivity contribution is -0.118. The molecule has 3 heteroatoms. The van der Waals surface area contributed by atoms with Crippen molar-refractivity contribution in [2.24, 2.45) is 41.4 Å². The summed E-state index contributed by atoms with van der Waals surface area (Å²) in [7, 11) is 0. The van der Waals surface area contributed by atoms with Crippen molar-refractivity contribution in [1.82, 2.24) is 0 Å². The van der Waals surface area contributed by atoms with Crippen molar-refractivity contribution >= 4 is 0 Å². The summed E-state index contributed by atoms with van der Waals surface area (Å²) in [6.07, 6.45) is 8.65. The van der Waals surface area contributed by atoms with Crippen LogP contribution >= 0.6 is 0 Å². The second-order valence-electron chi connectivity index (χ2n) is 9.10. The van der Waals surface area contributed by atoms with Crippen molar-refractivity contribution in [3.05, 3.63) is 11.6 Å². The van der Waals surface area contributed by atoms with Gasteiger partial charge in [-0.1, -0.05) is 11.6 Å². The van der Waals surface area contributed by atoms with E-state index in [9.17, 15) is 14.6 Å². The van der Waals surface area contributed by atoms with Gasteiger partial charge in [-0.05, 0) is 92.8 Å². The molecule has 2 nitrogen and oxygen atoms in total. The Morgan fingerprint density at radius 3 is 2.57 bits per heavy atom. The van der Waals surface area contributed by atoms with Crippen LogP contribution in [0.1, 0.15) is 51.4 Å². The van der Waals surface area contributed by atoms with Crippen molar-refractivity contribution < 1.29 is 14.6 Å². The zero-order valence-electron chi connectivity index (χ0n) is 13.8. The van der Waals surface area contributed by atoms with Crippen molar-refractivity contribution in [2.45, 2.75) is 69.7 Å². The molecule has 0 aromatic heterocycles. The second-order valence-corrected chi connectivity index (χ2v) is 9.10. The first-order valence-corrected chi connectivity index (χ1v) is 9.84. The Labute approximate surface area is 138 Å². The lowest BCUT2D eigenvalue weighted by atomic mass is 9.45. The quantitative estimate of drug-likeness (QED) is 0.671. The molecule has 0 aromatic rings. The number of fused-ring (bicyclic) bond motifs is 2. The maximum absolute atomic E-state index is 14.1. The van der Waals surface area contributed by atoms with Gasteiger partial charge in [0.25, 0.3) is 0 Å². The van der Waals surface area contributed by atoms with E-state index in [1.165, 1.54) is 24.8 Å². The Hall–Kier alpha value is -0.410. The molecule has 0 bridgehead atoms. The van der Waals surface area contributed by atoms with E-state index in [-0.39, 0.29) is 5.92 Å². The fraction of sp³-hybridized carbons (Fsp3) is 0.900. The molecule has 0 radical (unpaired) electrons. The van der Waals surface area contributed by atoms with E-state index in [1.807, 2.05) is 6.08 Å². The number of aliphatic hydroxyl groups excluding tert-OH is 2. The van der Waals surface area contributed by atoms with Gasteiger partial charge >= 0.3 is 0 Å². The normalized spacial score (nSPS) is 58.0. The smallest absolute Gasteiger partial charge is 0.100 e. The highest BCUT2D eigenvalue weighted by molar-refractivity contribution is 5.24. The Balaban J connectivity index is 1.51. The van der Waals surface area contributed by atoms with Gasteiger partial charge in [-0.2, -0.15) is 0 Å². The van der Waals surface area contributed by atoms with E-state index in [2.05, 4.69) is 0 Å². The molecule has 0 amide bonds. The highest BCUT2D eigenvalue weighted by atomic mass is 19.1. The molecule has 128 valence electrons. The molecule has 2 N–H and O–H groups in total. The average molecular weight is 320 g/mol. The lowest BCUT2D eigenvalue weighted by Gasteiger charge is -2.60. The predicted octanol–water partition coefficient (Wildman–Crippen LogP) is 3.47. The number of aliphatic hydroxyl groups is 2. The van der Waals surface area contributed by atoms with Crippen LogP contribution in [0.25, 0.3) is 0 Å². The molecular weight excluding hydrogens is 291 g/mol. The number of allylic oxidation sites excluding steroid dienone is 1. The van der Waals surface area contributed by atoms with Crippen molar-refractivity contribution in [1.29, 1.82) is 0 Å². The van der Waals surface area contributed by atoms with Crippen molar-refractivity contribution in [3.63, 3.8) is 0 Å². The summed E-state index contributed by atoms with van der Waals surface area (Å²) in [6.45, 7) is 0. The van der Waals surface area contributed by atoms with Crippen LogP contribution in [-0.2, 0) is 0 Å². The fourth-order valence-corrected chi connectivity index (χ4v) is 7.53. The molecule has 0 heterocycles. The monoisotopic (exact) mass is 320 g/mol. The third kappa shape index (κ3) is 2.12. The third-order valence-electron chi connectivity index (χ3n) is 8.29. The van der Waals surface area contributed by atoms with Crippen LogP contribution in [0.2, 0.25) is 0 Å². The van der Waals surface area contributed by atoms with Crippen LogP contribution in [-0.4, -0.2) is 28.6 Å². The standard InChI is InChI=1S/C20H29FO2/c21-13-4-1-10-7-11-3-6-15-19-12(8-17(22)20(15)23)2-5-14(18(11)19)16(10)9-13/h8,10-11,13-20,22-23H,1-7,9H2. The van der Waals surface area contributed by atoms with Gasteiger partial charge in [0.1, 0.15) is 6.17 Å². The Morgan fingerprint density at radius 2 is 1.70 bits per heavy atom. The average Bonchev–Trinajstić information content (AvgIpc) is 2.55. The zero-order chi connectivity index (χ0) is 15.7. The number of halogens is 1. The molecular formula is C20H29FO2. The second kappa shape index (κ2) is 5.29. The predicted molar refractivity (Wildman–Crippen MR) is 86.4 cm³/mol. The van der Waals surface area contributed by atoms with Crippen LogP contribution in [0.3, 0.4) is 0 Å². The van der Waals surface area contributed by atoms with Crippen LogP contribution in [0.5, 0.6) is 0 Å². The van der Waals surface area contributed by atoms with Crippen molar-refractivity contribution in [3.8, 4) is 0 Å². The molecule has 5 aliphatic carbocycles. The van der Waals surface area contributed by atoms with Gasteiger partial charge in [-0.15, -0.1) is 0 Å². The molecule has 23 heavy (non-hydrogen) atoms. The summed E-state index contributed by atoms with van der Waals surface area (Å²) in [5.74, 6) is 4.18.